The molecular weight excluding hydrogens is 210 g/mol. The van der Waals surface area contributed by atoms with Crippen molar-refractivity contribution in [1.82, 2.24) is 0 Å². The van der Waals surface area contributed by atoms with Gasteiger partial charge in [0, 0.05) is 6.21 Å². The normalized spacial score (nSPS) is 11.7. The summed E-state index contributed by atoms with van der Waals surface area (Å²) in [5.41, 5.74) is 0. The first kappa shape index (κ1) is 16.5. The van der Waals surface area contributed by atoms with E-state index in [1.54, 1.807) is 6.21 Å². The largest absolute Gasteiger partial charge is 0.411 e. The maximum absolute atomic E-state index is 8.21. The third-order valence-electron chi connectivity index (χ3n) is 3.20. The molecule has 0 rings (SSSR count). The van der Waals surface area contributed by atoms with Gasteiger partial charge in [0.05, 0.1) is 0 Å². The summed E-state index contributed by atoms with van der Waals surface area (Å²) in [6, 6.07) is 0. The van der Waals surface area contributed by atoms with Gasteiger partial charge >= 0.3 is 0 Å². The quantitative estimate of drug-likeness (QED) is 0.211. The second-order valence-electron chi connectivity index (χ2n) is 5.45. The van der Waals surface area contributed by atoms with Crippen LogP contribution in [0.5, 0.6) is 0 Å². The molecule has 0 unspecified atom stereocenters. The summed E-state index contributed by atoms with van der Waals surface area (Å²) in [6.45, 7) is 4.61. The van der Waals surface area contributed by atoms with Crippen LogP contribution in [-0.2, 0) is 0 Å². The molecule has 0 spiro atoms. The van der Waals surface area contributed by atoms with E-state index in [9.17, 15) is 0 Å². The molecule has 0 atom stereocenters. The SMILES string of the molecule is CC(C)CCCCCCCCCCC/C=N/O. The molecule has 0 aromatic rings. The second-order valence-corrected chi connectivity index (χ2v) is 5.45. The van der Waals surface area contributed by atoms with Gasteiger partial charge in [0.15, 0.2) is 0 Å². The van der Waals surface area contributed by atoms with Crippen molar-refractivity contribution >= 4 is 6.21 Å². The molecule has 0 bridgehead atoms. The number of hydrogen-bond acceptors (Lipinski definition) is 2. The number of hydrogen-bond donors (Lipinski definition) is 1. The van der Waals surface area contributed by atoms with Crippen LogP contribution in [0.4, 0.5) is 0 Å². The molecule has 17 heavy (non-hydrogen) atoms. The number of oxime groups is 1. The van der Waals surface area contributed by atoms with Crippen LogP contribution in [0.2, 0.25) is 0 Å². The summed E-state index contributed by atoms with van der Waals surface area (Å²) in [5, 5.41) is 11.2. The van der Waals surface area contributed by atoms with Crippen molar-refractivity contribution in [2.24, 2.45) is 11.1 Å². The molecule has 2 nitrogen and oxygen atoms in total. The maximum Gasteiger partial charge on any atom is 0.0435 e. The third kappa shape index (κ3) is 15.5. The maximum atomic E-state index is 8.21. The Kier molecular flexibility index (Phi) is 13.1. The zero-order valence-corrected chi connectivity index (χ0v) is 11.8. The topological polar surface area (TPSA) is 32.6 Å². The van der Waals surface area contributed by atoms with Gasteiger partial charge in [-0.2, -0.15) is 0 Å². The Morgan fingerprint density at radius 3 is 1.76 bits per heavy atom. The van der Waals surface area contributed by atoms with Gasteiger partial charge in [0.25, 0.3) is 0 Å². The van der Waals surface area contributed by atoms with E-state index in [0.29, 0.717) is 0 Å². The van der Waals surface area contributed by atoms with E-state index in [1.165, 1.54) is 64.2 Å². The molecule has 0 heterocycles. The molecule has 0 aromatic heterocycles. The second kappa shape index (κ2) is 13.5. The van der Waals surface area contributed by atoms with Crippen LogP contribution in [0.3, 0.4) is 0 Å². The fraction of sp³-hybridized carbons (Fsp3) is 0.933. The average Bonchev–Trinajstić information content (AvgIpc) is 2.30. The van der Waals surface area contributed by atoms with Crippen LogP contribution in [0.25, 0.3) is 0 Å². The first-order valence-electron chi connectivity index (χ1n) is 7.43. The number of rotatable bonds is 12. The Morgan fingerprint density at radius 2 is 1.29 bits per heavy atom. The lowest BCUT2D eigenvalue weighted by Crippen LogP contribution is -1.87. The van der Waals surface area contributed by atoms with Gasteiger partial charge in [0.2, 0.25) is 0 Å². The van der Waals surface area contributed by atoms with Crippen molar-refractivity contribution in [2.75, 3.05) is 0 Å². The van der Waals surface area contributed by atoms with Gasteiger partial charge in [0.1, 0.15) is 0 Å². The smallest absolute Gasteiger partial charge is 0.0435 e. The lowest BCUT2D eigenvalue weighted by molar-refractivity contribution is 0.320. The summed E-state index contributed by atoms with van der Waals surface area (Å²) < 4.78 is 0. The molecule has 0 saturated carbocycles. The Labute approximate surface area is 107 Å². The molecule has 0 saturated heterocycles. The van der Waals surface area contributed by atoms with Crippen LogP contribution in [-0.4, -0.2) is 11.4 Å². The molecule has 102 valence electrons. The molecule has 0 aromatic carbocycles. The minimum absolute atomic E-state index is 0.873. The lowest BCUT2D eigenvalue weighted by Gasteiger charge is -2.04. The van der Waals surface area contributed by atoms with Crippen LogP contribution in [0.1, 0.15) is 84.5 Å². The van der Waals surface area contributed by atoms with Gasteiger partial charge in [-0.3, -0.25) is 0 Å². The summed E-state index contributed by atoms with van der Waals surface area (Å²) in [6.07, 6.45) is 16.1. The Balaban J connectivity index is 2.94. The summed E-state index contributed by atoms with van der Waals surface area (Å²) >= 11 is 0. The Hall–Kier alpha value is -0.530. The predicted molar refractivity (Wildman–Crippen MR) is 75.9 cm³/mol. The molecule has 0 fully saturated rings. The molecule has 0 aliphatic heterocycles. The standard InChI is InChI=1S/C15H31NO/c1-15(2)13-11-9-7-5-3-4-6-8-10-12-14-16-17/h14-15,17H,3-13H2,1-2H3/b16-14+. The van der Waals surface area contributed by atoms with E-state index >= 15 is 0 Å². The fourth-order valence-electron chi connectivity index (χ4n) is 2.08. The zero-order valence-electron chi connectivity index (χ0n) is 11.8. The predicted octanol–water partition coefficient (Wildman–Crippen LogP) is 5.39. The van der Waals surface area contributed by atoms with E-state index < -0.39 is 0 Å². The zero-order chi connectivity index (χ0) is 12.8. The highest BCUT2D eigenvalue weighted by molar-refractivity contribution is 5.55. The first-order valence-corrected chi connectivity index (χ1v) is 7.43. The van der Waals surface area contributed by atoms with Crippen molar-refractivity contribution in [3.05, 3.63) is 0 Å². The van der Waals surface area contributed by atoms with Crippen molar-refractivity contribution in [1.29, 1.82) is 0 Å². The van der Waals surface area contributed by atoms with Gasteiger partial charge in [-0.15, -0.1) is 5.16 Å². The highest BCUT2D eigenvalue weighted by Crippen LogP contribution is 2.13. The molecular formula is C15H31NO. The van der Waals surface area contributed by atoms with Crippen LogP contribution >= 0.6 is 0 Å². The highest BCUT2D eigenvalue weighted by Gasteiger charge is 1.95. The molecule has 1 N–H and O–H groups in total. The molecule has 0 aliphatic carbocycles. The lowest BCUT2D eigenvalue weighted by atomic mass is 10.0. The Bertz CT molecular complexity index is 166. The third-order valence-corrected chi connectivity index (χ3v) is 3.20. The van der Waals surface area contributed by atoms with Gasteiger partial charge < -0.3 is 5.21 Å². The summed E-state index contributed by atoms with van der Waals surface area (Å²) in [5.74, 6) is 0.873. The van der Waals surface area contributed by atoms with Crippen LogP contribution in [0.15, 0.2) is 5.16 Å². The number of nitrogens with zero attached hydrogens (tertiary/aromatic N) is 1. The van der Waals surface area contributed by atoms with Crippen molar-refractivity contribution < 1.29 is 5.21 Å². The Morgan fingerprint density at radius 1 is 0.824 bits per heavy atom. The summed E-state index contributed by atoms with van der Waals surface area (Å²) in [4.78, 5) is 0. The highest BCUT2D eigenvalue weighted by atomic mass is 16.4. The van der Waals surface area contributed by atoms with Crippen molar-refractivity contribution in [2.45, 2.75) is 84.5 Å². The van der Waals surface area contributed by atoms with Crippen LogP contribution < -0.4 is 0 Å². The van der Waals surface area contributed by atoms with E-state index in [2.05, 4.69) is 19.0 Å². The van der Waals surface area contributed by atoms with Gasteiger partial charge in [-0.05, 0) is 18.8 Å². The molecule has 2 heteroatoms. The van der Waals surface area contributed by atoms with Crippen LogP contribution in [0, 0.1) is 5.92 Å². The van der Waals surface area contributed by atoms with E-state index in [-0.39, 0.29) is 0 Å². The molecule has 0 amide bonds. The van der Waals surface area contributed by atoms with E-state index in [0.717, 1.165) is 12.3 Å². The van der Waals surface area contributed by atoms with Crippen molar-refractivity contribution in [3.8, 4) is 0 Å². The van der Waals surface area contributed by atoms with Gasteiger partial charge in [-0.25, -0.2) is 0 Å². The first-order chi connectivity index (χ1) is 8.27. The minimum atomic E-state index is 0.873. The molecule has 0 aliphatic rings. The fourth-order valence-corrected chi connectivity index (χ4v) is 2.08. The monoisotopic (exact) mass is 241 g/mol. The van der Waals surface area contributed by atoms with Crippen molar-refractivity contribution in [3.63, 3.8) is 0 Å². The van der Waals surface area contributed by atoms with E-state index in [4.69, 9.17) is 5.21 Å². The summed E-state index contributed by atoms with van der Waals surface area (Å²) in [7, 11) is 0. The number of unbranched alkanes of at least 4 members (excludes halogenated alkanes) is 9. The molecule has 0 radical (unpaired) electrons. The van der Waals surface area contributed by atoms with Gasteiger partial charge in [-0.1, -0.05) is 71.6 Å². The average molecular weight is 241 g/mol. The van der Waals surface area contributed by atoms with E-state index in [1.807, 2.05) is 0 Å². The minimum Gasteiger partial charge on any atom is -0.411 e.